The number of likely N-dealkylation sites (N-methyl/N-ethyl adjacent to an activating group) is 1. The second-order valence-electron chi connectivity index (χ2n) is 5.62. The molecule has 20 heavy (non-hydrogen) atoms. The molecule has 5 heteroatoms. The van der Waals surface area contributed by atoms with E-state index in [0.29, 0.717) is 12.6 Å². The van der Waals surface area contributed by atoms with Gasteiger partial charge in [0.1, 0.15) is 0 Å². The van der Waals surface area contributed by atoms with Crippen molar-refractivity contribution in [3.05, 3.63) is 33.3 Å². The summed E-state index contributed by atoms with van der Waals surface area (Å²) in [5, 5.41) is 0.791. The van der Waals surface area contributed by atoms with Gasteiger partial charge >= 0.3 is 0 Å². The van der Waals surface area contributed by atoms with E-state index in [1.165, 1.54) is 6.42 Å². The summed E-state index contributed by atoms with van der Waals surface area (Å²) in [4.78, 5) is 4.89. The van der Waals surface area contributed by atoms with Crippen molar-refractivity contribution in [2.24, 2.45) is 5.73 Å². The Morgan fingerprint density at radius 3 is 2.85 bits per heavy atom. The Morgan fingerprint density at radius 1 is 1.45 bits per heavy atom. The lowest BCUT2D eigenvalue weighted by molar-refractivity contribution is 0.146. The molecule has 0 saturated carbocycles. The van der Waals surface area contributed by atoms with Gasteiger partial charge in [-0.1, -0.05) is 33.6 Å². The first kappa shape index (κ1) is 16.2. The third kappa shape index (κ3) is 3.74. The zero-order valence-electron chi connectivity index (χ0n) is 12.1. The van der Waals surface area contributed by atoms with Crippen molar-refractivity contribution in [3.8, 4) is 0 Å². The summed E-state index contributed by atoms with van der Waals surface area (Å²) in [6.45, 7) is 6.16. The minimum absolute atomic E-state index is 0.192. The van der Waals surface area contributed by atoms with E-state index in [-0.39, 0.29) is 6.04 Å². The fraction of sp³-hybridized carbons (Fsp3) is 0.600. The summed E-state index contributed by atoms with van der Waals surface area (Å²) in [6, 6.07) is 6.76. The Balaban J connectivity index is 2.26. The number of hydrogen-bond donors (Lipinski definition) is 1. The molecule has 2 atom stereocenters. The van der Waals surface area contributed by atoms with Crippen molar-refractivity contribution >= 4 is 27.5 Å². The van der Waals surface area contributed by atoms with Gasteiger partial charge in [-0.2, -0.15) is 0 Å². The van der Waals surface area contributed by atoms with Crippen LogP contribution in [-0.4, -0.2) is 49.1 Å². The van der Waals surface area contributed by atoms with Crippen LogP contribution in [0.2, 0.25) is 5.02 Å². The maximum atomic E-state index is 6.42. The van der Waals surface area contributed by atoms with Crippen molar-refractivity contribution in [3.63, 3.8) is 0 Å². The van der Waals surface area contributed by atoms with Crippen molar-refractivity contribution in [1.82, 2.24) is 9.80 Å². The van der Waals surface area contributed by atoms with Crippen LogP contribution in [0.4, 0.5) is 0 Å². The number of halogens is 2. The predicted molar refractivity (Wildman–Crippen MR) is 89.2 cm³/mol. The summed E-state index contributed by atoms with van der Waals surface area (Å²) in [5.41, 5.74) is 7.20. The molecule has 1 fully saturated rings. The first-order valence-corrected chi connectivity index (χ1v) is 8.29. The fourth-order valence-electron chi connectivity index (χ4n) is 3.07. The quantitative estimate of drug-likeness (QED) is 0.899. The standard InChI is InChI=1S/C15H23BrClN3/c1-11-10-19(2)6-3-7-20(11)15(9-18)13-5-4-12(16)8-14(13)17/h4-5,8,11,15H,3,6-7,9-10,18H2,1-2H3. The number of benzene rings is 1. The van der Waals surface area contributed by atoms with E-state index in [1.54, 1.807) is 0 Å². The molecule has 0 aliphatic carbocycles. The second-order valence-corrected chi connectivity index (χ2v) is 6.94. The molecular formula is C15H23BrClN3. The SMILES string of the molecule is CC1CN(C)CCCN1C(CN)c1ccc(Br)cc1Cl. The van der Waals surface area contributed by atoms with Crippen LogP contribution >= 0.6 is 27.5 Å². The minimum atomic E-state index is 0.192. The van der Waals surface area contributed by atoms with Crippen molar-refractivity contribution in [2.45, 2.75) is 25.4 Å². The summed E-state index contributed by atoms with van der Waals surface area (Å²) in [5.74, 6) is 0. The molecule has 1 heterocycles. The van der Waals surface area contributed by atoms with E-state index in [1.807, 2.05) is 12.1 Å². The number of nitrogens with zero attached hydrogens (tertiary/aromatic N) is 2. The molecule has 1 saturated heterocycles. The van der Waals surface area contributed by atoms with Crippen LogP contribution in [0.25, 0.3) is 0 Å². The zero-order valence-corrected chi connectivity index (χ0v) is 14.5. The third-order valence-electron chi connectivity index (χ3n) is 4.04. The topological polar surface area (TPSA) is 32.5 Å². The van der Waals surface area contributed by atoms with Gasteiger partial charge in [0.05, 0.1) is 0 Å². The molecule has 1 aliphatic rings. The summed E-state index contributed by atoms with van der Waals surface area (Å²) in [6.07, 6.45) is 1.17. The molecule has 112 valence electrons. The van der Waals surface area contributed by atoms with E-state index in [0.717, 1.165) is 34.7 Å². The Labute approximate surface area is 135 Å². The normalized spacial score (nSPS) is 23.6. The molecule has 0 radical (unpaired) electrons. The second kappa shape index (κ2) is 7.23. The highest BCUT2D eigenvalue weighted by atomic mass is 79.9. The Hall–Kier alpha value is -0.130. The number of hydrogen-bond acceptors (Lipinski definition) is 3. The predicted octanol–water partition coefficient (Wildman–Crippen LogP) is 3.13. The average molecular weight is 361 g/mol. The average Bonchev–Trinajstić information content (AvgIpc) is 2.54. The lowest BCUT2D eigenvalue weighted by Gasteiger charge is -2.35. The van der Waals surface area contributed by atoms with Crippen LogP contribution in [0.1, 0.15) is 24.9 Å². The molecule has 1 aromatic rings. The van der Waals surface area contributed by atoms with Gasteiger partial charge in [-0.15, -0.1) is 0 Å². The van der Waals surface area contributed by atoms with Gasteiger partial charge in [-0.05, 0) is 44.6 Å². The lowest BCUT2D eigenvalue weighted by atomic mass is 10.0. The van der Waals surface area contributed by atoms with E-state index in [2.05, 4.69) is 45.8 Å². The molecular weight excluding hydrogens is 338 g/mol. The summed E-state index contributed by atoms with van der Waals surface area (Å²) >= 11 is 9.88. The van der Waals surface area contributed by atoms with Gasteiger partial charge in [-0.25, -0.2) is 0 Å². The summed E-state index contributed by atoms with van der Waals surface area (Å²) < 4.78 is 1.01. The van der Waals surface area contributed by atoms with Crippen molar-refractivity contribution < 1.29 is 0 Å². The molecule has 1 aliphatic heterocycles. The minimum Gasteiger partial charge on any atom is -0.329 e. The monoisotopic (exact) mass is 359 g/mol. The maximum Gasteiger partial charge on any atom is 0.0488 e. The van der Waals surface area contributed by atoms with Crippen LogP contribution in [0.5, 0.6) is 0 Å². The zero-order chi connectivity index (χ0) is 14.7. The van der Waals surface area contributed by atoms with Gasteiger partial charge in [0.15, 0.2) is 0 Å². The highest BCUT2D eigenvalue weighted by molar-refractivity contribution is 9.10. The molecule has 2 N–H and O–H groups in total. The van der Waals surface area contributed by atoms with Gasteiger partial charge in [0.2, 0.25) is 0 Å². The van der Waals surface area contributed by atoms with Gasteiger partial charge in [0.25, 0.3) is 0 Å². The molecule has 0 aromatic heterocycles. The van der Waals surface area contributed by atoms with Crippen LogP contribution in [0.3, 0.4) is 0 Å². The van der Waals surface area contributed by atoms with Gasteiger partial charge in [0, 0.05) is 41.2 Å². The Kier molecular flexibility index (Phi) is 5.87. The van der Waals surface area contributed by atoms with E-state index in [9.17, 15) is 0 Å². The Morgan fingerprint density at radius 2 is 2.20 bits per heavy atom. The smallest absolute Gasteiger partial charge is 0.0488 e. The van der Waals surface area contributed by atoms with Crippen molar-refractivity contribution in [2.75, 3.05) is 33.2 Å². The van der Waals surface area contributed by atoms with Crippen LogP contribution < -0.4 is 5.73 Å². The molecule has 0 amide bonds. The van der Waals surface area contributed by atoms with Gasteiger partial charge in [-0.3, -0.25) is 4.90 Å². The molecule has 0 spiro atoms. The first-order chi connectivity index (χ1) is 9.52. The highest BCUT2D eigenvalue weighted by Crippen LogP contribution is 2.31. The summed E-state index contributed by atoms with van der Waals surface area (Å²) in [7, 11) is 2.18. The van der Waals surface area contributed by atoms with Crippen LogP contribution in [0.15, 0.2) is 22.7 Å². The molecule has 2 rings (SSSR count). The number of rotatable bonds is 3. The molecule has 0 bridgehead atoms. The van der Waals surface area contributed by atoms with Crippen molar-refractivity contribution in [1.29, 1.82) is 0 Å². The molecule has 2 unspecified atom stereocenters. The first-order valence-electron chi connectivity index (χ1n) is 7.12. The van der Waals surface area contributed by atoms with Crippen LogP contribution in [-0.2, 0) is 0 Å². The fourth-order valence-corrected chi connectivity index (χ4v) is 3.87. The number of nitrogens with two attached hydrogens (primary N) is 1. The van der Waals surface area contributed by atoms with Crippen LogP contribution in [0, 0.1) is 0 Å². The highest BCUT2D eigenvalue weighted by Gasteiger charge is 2.27. The maximum absolute atomic E-state index is 6.42. The Bertz CT molecular complexity index is 455. The van der Waals surface area contributed by atoms with Gasteiger partial charge < -0.3 is 10.6 Å². The molecule has 3 nitrogen and oxygen atoms in total. The molecule has 1 aromatic carbocycles. The van der Waals surface area contributed by atoms with E-state index < -0.39 is 0 Å². The lowest BCUT2D eigenvalue weighted by Crippen LogP contribution is -2.43. The third-order valence-corrected chi connectivity index (χ3v) is 4.86. The largest absolute Gasteiger partial charge is 0.329 e. The van der Waals surface area contributed by atoms with E-state index >= 15 is 0 Å². The van der Waals surface area contributed by atoms with E-state index in [4.69, 9.17) is 17.3 Å².